The fourth-order valence-corrected chi connectivity index (χ4v) is 2.45. The number of benzene rings is 1. The van der Waals surface area contributed by atoms with Gasteiger partial charge in [0, 0.05) is 4.47 Å². The largest absolute Gasteiger partial charge is 0.436 e. The van der Waals surface area contributed by atoms with Crippen LogP contribution < -0.4 is 4.74 Å². The summed E-state index contributed by atoms with van der Waals surface area (Å²) in [5, 5.41) is 0.377. The molecular formula is C10H4Br2Cl2N2O. The molecule has 1 aromatic carbocycles. The third-order valence-corrected chi connectivity index (χ3v) is 3.34. The number of hydrogen-bond donors (Lipinski definition) is 0. The van der Waals surface area contributed by atoms with Crippen LogP contribution >= 0.6 is 55.1 Å². The van der Waals surface area contributed by atoms with Crippen LogP contribution in [0.5, 0.6) is 11.6 Å². The number of nitrogens with zero attached hydrogens (tertiary/aromatic N) is 2. The molecular weight excluding hydrogens is 395 g/mol. The second kappa shape index (κ2) is 5.52. The Balaban J connectivity index is 2.34. The van der Waals surface area contributed by atoms with Gasteiger partial charge in [0.1, 0.15) is 10.8 Å². The van der Waals surface area contributed by atoms with Gasteiger partial charge in [-0.2, -0.15) is 4.98 Å². The summed E-state index contributed by atoms with van der Waals surface area (Å²) in [5.41, 5.74) is 0. The number of ether oxygens (including phenoxy) is 1. The highest BCUT2D eigenvalue weighted by atomic mass is 79.9. The first kappa shape index (κ1) is 13.1. The van der Waals surface area contributed by atoms with E-state index in [1.165, 1.54) is 6.20 Å². The first-order chi connectivity index (χ1) is 8.06. The van der Waals surface area contributed by atoms with Crippen LogP contribution in [0.3, 0.4) is 0 Å². The minimum Gasteiger partial charge on any atom is -0.436 e. The van der Waals surface area contributed by atoms with Crippen LogP contribution in [0, 0.1) is 0 Å². The van der Waals surface area contributed by atoms with E-state index in [0.717, 1.165) is 8.95 Å². The molecule has 2 aromatic rings. The van der Waals surface area contributed by atoms with E-state index < -0.39 is 0 Å². The van der Waals surface area contributed by atoms with Gasteiger partial charge in [0.15, 0.2) is 0 Å². The summed E-state index contributed by atoms with van der Waals surface area (Å²) < 4.78 is 7.25. The van der Waals surface area contributed by atoms with Crippen LogP contribution in [-0.2, 0) is 0 Å². The van der Waals surface area contributed by atoms with Crippen LogP contribution in [0.4, 0.5) is 0 Å². The highest BCUT2D eigenvalue weighted by Crippen LogP contribution is 2.34. The van der Waals surface area contributed by atoms with Crippen molar-refractivity contribution in [1.82, 2.24) is 9.97 Å². The zero-order chi connectivity index (χ0) is 12.4. The monoisotopic (exact) mass is 396 g/mol. The van der Waals surface area contributed by atoms with Crippen molar-refractivity contribution in [1.29, 1.82) is 0 Å². The van der Waals surface area contributed by atoms with E-state index in [-0.39, 0.29) is 11.2 Å². The Morgan fingerprint density at radius 1 is 1.18 bits per heavy atom. The second-order valence-corrected chi connectivity index (χ2v) is 5.48. The molecule has 3 nitrogen and oxygen atoms in total. The minimum atomic E-state index is 0.0811. The van der Waals surface area contributed by atoms with Gasteiger partial charge in [-0.1, -0.05) is 27.5 Å². The average Bonchev–Trinajstić information content (AvgIpc) is 2.27. The molecule has 1 heterocycles. The van der Waals surface area contributed by atoms with Crippen LogP contribution in [0.2, 0.25) is 10.3 Å². The molecule has 0 N–H and O–H groups in total. The van der Waals surface area contributed by atoms with Crippen molar-refractivity contribution in [3.63, 3.8) is 0 Å². The lowest BCUT2D eigenvalue weighted by atomic mass is 10.3. The van der Waals surface area contributed by atoms with Crippen molar-refractivity contribution < 1.29 is 4.74 Å². The summed E-state index contributed by atoms with van der Waals surface area (Å²) in [6.07, 6.45) is 1.39. The molecule has 0 amide bonds. The van der Waals surface area contributed by atoms with Gasteiger partial charge in [-0.25, -0.2) is 4.98 Å². The molecule has 0 atom stereocenters. The van der Waals surface area contributed by atoms with Crippen molar-refractivity contribution in [2.75, 3.05) is 0 Å². The molecule has 0 saturated heterocycles. The van der Waals surface area contributed by atoms with Gasteiger partial charge in [0.2, 0.25) is 11.2 Å². The molecule has 88 valence electrons. The Morgan fingerprint density at radius 3 is 2.65 bits per heavy atom. The summed E-state index contributed by atoms with van der Waals surface area (Å²) in [6.45, 7) is 0. The van der Waals surface area contributed by atoms with E-state index in [1.54, 1.807) is 6.07 Å². The Labute approximate surface area is 124 Å². The van der Waals surface area contributed by atoms with Crippen LogP contribution in [0.1, 0.15) is 0 Å². The molecule has 1 aromatic heterocycles. The first-order valence-corrected chi connectivity index (χ1v) is 6.71. The van der Waals surface area contributed by atoms with Gasteiger partial charge in [-0.3, -0.25) is 0 Å². The average molecular weight is 399 g/mol. The Kier molecular flexibility index (Phi) is 4.25. The minimum absolute atomic E-state index is 0.0811. The van der Waals surface area contributed by atoms with E-state index in [4.69, 9.17) is 27.9 Å². The molecule has 2 rings (SSSR count). The number of hydrogen-bond acceptors (Lipinski definition) is 3. The van der Waals surface area contributed by atoms with Gasteiger partial charge in [0.25, 0.3) is 0 Å². The lowest BCUT2D eigenvalue weighted by molar-refractivity contribution is 0.459. The molecule has 0 aliphatic carbocycles. The van der Waals surface area contributed by atoms with Crippen molar-refractivity contribution in [2.24, 2.45) is 0 Å². The highest BCUT2D eigenvalue weighted by Gasteiger charge is 2.09. The fraction of sp³-hybridized carbons (Fsp3) is 0. The molecule has 0 unspecified atom stereocenters. The number of aromatic nitrogens is 2. The third kappa shape index (κ3) is 3.31. The molecule has 0 aliphatic rings. The van der Waals surface area contributed by atoms with Crippen molar-refractivity contribution >= 4 is 55.1 Å². The van der Waals surface area contributed by atoms with Crippen molar-refractivity contribution in [3.05, 3.63) is 43.6 Å². The lowest BCUT2D eigenvalue weighted by Gasteiger charge is -2.08. The maximum absolute atomic E-state index is 5.90. The standard InChI is InChI=1S/C10H4Br2Cl2N2O/c11-5-1-2-8(6(12)3-5)17-9-7(13)4-15-10(14)16-9/h1-4H. The normalized spacial score (nSPS) is 10.4. The van der Waals surface area contributed by atoms with Gasteiger partial charge in [-0.15, -0.1) is 0 Å². The van der Waals surface area contributed by atoms with Gasteiger partial charge in [-0.05, 0) is 45.7 Å². The molecule has 0 radical (unpaired) electrons. The summed E-state index contributed by atoms with van der Waals surface area (Å²) >= 11 is 18.3. The van der Waals surface area contributed by atoms with E-state index in [2.05, 4.69) is 41.8 Å². The smallest absolute Gasteiger partial charge is 0.242 e. The highest BCUT2D eigenvalue weighted by molar-refractivity contribution is 9.11. The quantitative estimate of drug-likeness (QED) is 0.660. The predicted octanol–water partition coefficient (Wildman–Crippen LogP) is 5.10. The molecule has 17 heavy (non-hydrogen) atoms. The summed E-state index contributed by atoms with van der Waals surface area (Å²) in [7, 11) is 0. The molecule has 7 heteroatoms. The zero-order valence-electron chi connectivity index (χ0n) is 8.12. The van der Waals surface area contributed by atoms with Crippen LogP contribution in [0.25, 0.3) is 0 Å². The molecule has 0 aliphatic heterocycles. The Hall–Kier alpha value is -0.360. The van der Waals surface area contributed by atoms with E-state index in [0.29, 0.717) is 10.8 Å². The molecule has 0 fully saturated rings. The van der Waals surface area contributed by atoms with Gasteiger partial charge < -0.3 is 4.74 Å². The zero-order valence-corrected chi connectivity index (χ0v) is 12.8. The van der Waals surface area contributed by atoms with Gasteiger partial charge in [0.05, 0.1) is 10.7 Å². The Morgan fingerprint density at radius 2 is 1.94 bits per heavy atom. The molecule has 0 bridgehead atoms. The summed E-state index contributed by atoms with van der Waals surface area (Å²) in [4.78, 5) is 7.64. The van der Waals surface area contributed by atoms with Crippen molar-refractivity contribution in [2.45, 2.75) is 0 Å². The van der Waals surface area contributed by atoms with Crippen LogP contribution in [0.15, 0.2) is 33.3 Å². The molecule has 0 spiro atoms. The van der Waals surface area contributed by atoms with E-state index in [1.807, 2.05) is 12.1 Å². The molecule has 0 saturated carbocycles. The first-order valence-electron chi connectivity index (χ1n) is 4.37. The topological polar surface area (TPSA) is 35.0 Å². The lowest BCUT2D eigenvalue weighted by Crippen LogP contribution is -1.92. The van der Waals surface area contributed by atoms with Crippen LogP contribution in [-0.4, -0.2) is 9.97 Å². The third-order valence-electron chi connectivity index (χ3n) is 1.78. The fourth-order valence-electron chi connectivity index (χ4n) is 1.06. The maximum atomic E-state index is 5.90. The van der Waals surface area contributed by atoms with E-state index in [9.17, 15) is 0 Å². The number of halogens is 4. The Bertz CT molecular complexity index is 566. The van der Waals surface area contributed by atoms with Crippen molar-refractivity contribution in [3.8, 4) is 11.6 Å². The second-order valence-electron chi connectivity index (χ2n) is 2.97. The van der Waals surface area contributed by atoms with Gasteiger partial charge >= 0.3 is 0 Å². The SMILES string of the molecule is Clc1ncc(Cl)c(Oc2ccc(Br)cc2Br)n1. The van der Waals surface area contributed by atoms with E-state index >= 15 is 0 Å². The number of rotatable bonds is 2. The predicted molar refractivity (Wildman–Crippen MR) is 74.0 cm³/mol. The summed E-state index contributed by atoms with van der Waals surface area (Å²) in [5.74, 6) is 0.805. The maximum Gasteiger partial charge on any atom is 0.242 e. The summed E-state index contributed by atoms with van der Waals surface area (Å²) in [6, 6.07) is 5.48.